The second-order valence-electron chi connectivity index (χ2n) is 4.37. The maximum absolute atomic E-state index is 11.7. The molecule has 1 aromatic carbocycles. The molecule has 102 valence electrons. The van der Waals surface area contributed by atoms with E-state index in [2.05, 4.69) is 10.6 Å². The average molecular weight is 286 g/mol. The Kier molecular flexibility index (Phi) is 3.69. The van der Waals surface area contributed by atoms with Gasteiger partial charge >= 0.3 is 6.03 Å². The minimum absolute atomic E-state index is 0.180. The number of thiophene rings is 1. The van der Waals surface area contributed by atoms with Crippen molar-refractivity contribution in [2.45, 2.75) is 6.42 Å². The van der Waals surface area contributed by atoms with Crippen LogP contribution in [0.3, 0.4) is 0 Å². The fourth-order valence-electron chi connectivity index (χ4n) is 2.04. The van der Waals surface area contributed by atoms with Crippen molar-refractivity contribution in [2.75, 3.05) is 11.9 Å². The van der Waals surface area contributed by atoms with E-state index in [1.165, 1.54) is 11.3 Å². The molecule has 4 nitrogen and oxygen atoms in total. The molecule has 2 aromatic heterocycles. The van der Waals surface area contributed by atoms with Gasteiger partial charge in [-0.25, -0.2) is 4.79 Å². The Labute approximate surface area is 120 Å². The molecule has 0 bridgehead atoms. The predicted molar refractivity (Wildman–Crippen MR) is 81.3 cm³/mol. The molecule has 0 atom stereocenters. The zero-order chi connectivity index (χ0) is 13.8. The number of hydrogen-bond acceptors (Lipinski definition) is 3. The van der Waals surface area contributed by atoms with Gasteiger partial charge < -0.3 is 9.73 Å². The Morgan fingerprint density at radius 3 is 2.95 bits per heavy atom. The second-order valence-corrected chi connectivity index (χ2v) is 5.31. The number of hydrogen-bond donors (Lipinski definition) is 2. The summed E-state index contributed by atoms with van der Waals surface area (Å²) < 4.78 is 5.47. The molecular formula is C15H14N2O2S. The van der Waals surface area contributed by atoms with Crippen LogP contribution in [-0.2, 0) is 6.42 Å². The first-order valence-electron chi connectivity index (χ1n) is 6.36. The molecule has 0 saturated carbocycles. The standard InChI is InChI=1S/C15H14N2O2S/c18-15(17-14-6-3-9-20-14)16-8-7-11-10-19-13-5-2-1-4-12(11)13/h1-6,9-10H,7-8H2,(H2,16,17,18). The highest BCUT2D eigenvalue weighted by Gasteiger charge is 2.06. The van der Waals surface area contributed by atoms with Gasteiger partial charge in [0.25, 0.3) is 0 Å². The lowest BCUT2D eigenvalue weighted by Crippen LogP contribution is -2.30. The topological polar surface area (TPSA) is 54.3 Å². The van der Waals surface area contributed by atoms with Gasteiger partial charge in [0.15, 0.2) is 0 Å². The van der Waals surface area contributed by atoms with E-state index >= 15 is 0 Å². The Balaban J connectivity index is 1.53. The quantitative estimate of drug-likeness (QED) is 0.765. The number of furan rings is 1. The van der Waals surface area contributed by atoms with E-state index in [1.54, 1.807) is 6.26 Å². The van der Waals surface area contributed by atoms with E-state index in [-0.39, 0.29) is 6.03 Å². The van der Waals surface area contributed by atoms with Gasteiger partial charge in [-0.05, 0) is 35.6 Å². The summed E-state index contributed by atoms with van der Waals surface area (Å²) in [6, 6.07) is 11.5. The van der Waals surface area contributed by atoms with Crippen molar-refractivity contribution in [1.29, 1.82) is 0 Å². The molecule has 2 N–H and O–H groups in total. The lowest BCUT2D eigenvalue weighted by atomic mass is 10.1. The number of urea groups is 1. The summed E-state index contributed by atoms with van der Waals surface area (Å²) in [4.78, 5) is 11.7. The molecular weight excluding hydrogens is 272 g/mol. The third-order valence-electron chi connectivity index (χ3n) is 3.00. The zero-order valence-electron chi connectivity index (χ0n) is 10.8. The highest BCUT2D eigenvalue weighted by atomic mass is 32.1. The summed E-state index contributed by atoms with van der Waals surface area (Å²) >= 11 is 1.50. The van der Waals surface area contributed by atoms with Crippen LogP contribution in [0.5, 0.6) is 0 Å². The van der Waals surface area contributed by atoms with E-state index in [9.17, 15) is 4.79 Å². The monoisotopic (exact) mass is 286 g/mol. The third-order valence-corrected chi connectivity index (χ3v) is 3.78. The first-order valence-corrected chi connectivity index (χ1v) is 7.24. The molecule has 0 fully saturated rings. The predicted octanol–water partition coefficient (Wildman–Crippen LogP) is 3.86. The van der Waals surface area contributed by atoms with Gasteiger partial charge in [0.2, 0.25) is 0 Å². The largest absolute Gasteiger partial charge is 0.464 e. The Bertz CT molecular complexity index is 704. The summed E-state index contributed by atoms with van der Waals surface area (Å²) in [5.74, 6) is 0. The van der Waals surface area contributed by atoms with Crippen LogP contribution in [0.2, 0.25) is 0 Å². The van der Waals surface area contributed by atoms with Crippen LogP contribution in [0.25, 0.3) is 11.0 Å². The number of benzene rings is 1. The molecule has 20 heavy (non-hydrogen) atoms. The van der Waals surface area contributed by atoms with Gasteiger partial charge in [-0.2, -0.15) is 0 Å². The lowest BCUT2D eigenvalue weighted by molar-refractivity contribution is 0.252. The molecule has 5 heteroatoms. The zero-order valence-corrected chi connectivity index (χ0v) is 11.6. The SMILES string of the molecule is O=C(NCCc1coc2ccccc12)Nc1cccs1. The number of carbonyl (C=O) groups excluding carboxylic acids is 1. The Hall–Kier alpha value is -2.27. The van der Waals surface area contributed by atoms with E-state index in [0.29, 0.717) is 6.54 Å². The molecule has 3 aromatic rings. The average Bonchev–Trinajstić information content (AvgIpc) is 3.09. The van der Waals surface area contributed by atoms with E-state index < -0.39 is 0 Å². The van der Waals surface area contributed by atoms with Gasteiger partial charge in [-0.1, -0.05) is 18.2 Å². The highest BCUT2D eigenvalue weighted by molar-refractivity contribution is 7.14. The fourth-order valence-corrected chi connectivity index (χ4v) is 2.66. The van der Waals surface area contributed by atoms with Crippen LogP contribution in [0, 0.1) is 0 Å². The Morgan fingerprint density at radius 1 is 1.20 bits per heavy atom. The van der Waals surface area contributed by atoms with Crippen LogP contribution in [0.1, 0.15) is 5.56 Å². The molecule has 0 unspecified atom stereocenters. The third kappa shape index (κ3) is 2.83. The Morgan fingerprint density at radius 2 is 2.10 bits per heavy atom. The molecule has 3 rings (SSSR count). The fraction of sp³-hybridized carbons (Fsp3) is 0.133. The summed E-state index contributed by atoms with van der Waals surface area (Å²) in [6.07, 6.45) is 2.50. The van der Waals surface area contributed by atoms with Crippen LogP contribution in [0.15, 0.2) is 52.5 Å². The van der Waals surface area contributed by atoms with Crippen molar-refractivity contribution >= 4 is 33.3 Å². The summed E-state index contributed by atoms with van der Waals surface area (Å²) in [7, 11) is 0. The molecule has 0 spiro atoms. The van der Waals surface area contributed by atoms with Gasteiger partial charge in [-0.15, -0.1) is 11.3 Å². The minimum atomic E-state index is -0.180. The van der Waals surface area contributed by atoms with Crippen molar-refractivity contribution in [2.24, 2.45) is 0 Å². The van der Waals surface area contributed by atoms with E-state index in [1.807, 2.05) is 41.8 Å². The number of amides is 2. The van der Waals surface area contributed by atoms with Crippen molar-refractivity contribution in [3.63, 3.8) is 0 Å². The van der Waals surface area contributed by atoms with Gasteiger partial charge in [-0.3, -0.25) is 5.32 Å². The number of anilines is 1. The molecule has 2 heterocycles. The molecule has 0 radical (unpaired) electrons. The van der Waals surface area contributed by atoms with Gasteiger partial charge in [0.1, 0.15) is 5.58 Å². The second kappa shape index (κ2) is 5.79. The van der Waals surface area contributed by atoms with E-state index in [0.717, 1.165) is 28.0 Å². The molecule has 0 aliphatic carbocycles. The number of nitrogens with one attached hydrogen (secondary N) is 2. The first-order chi connectivity index (χ1) is 9.83. The van der Waals surface area contributed by atoms with Crippen molar-refractivity contribution in [3.8, 4) is 0 Å². The molecule has 2 amide bonds. The number of rotatable bonds is 4. The maximum Gasteiger partial charge on any atom is 0.319 e. The lowest BCUT2D eigenvalue weighted by Gasteiger charge is -2.05. The van der Waals surface area contributed by atoms with Crippen LogP contribution in [-0.4, -0.2) is 12.6 Å². The number of para-hydroxylation sites is 1. The van der Waals surface area contributed by atoms with E-state index in [4.69, 9.17) is 4.42 Å². The minimum Gasteiger partial charge on any atom is -0.464 e. The van der Waals surface area contributed by atoms with Crippen molar-refractivity contribution < 1.29 is 9.21 Å². The summed E-state index contributed by atoms with van der Waals surface area (Å²) in [6.45, 7) is 0.570. The maximum atomic E-state index is 11.7. The molecule has 0 saturated heterocycles. The van der Waals surface area contributed by atoms with Crippen LogP contribution in [0.4, 0.5) is 9.80 Å². The van der Waals surface area contributed by atoms with Gasteiger partial charge in [0, 0.05) is 11.9 Å². The molecule has 0 aliphatic rings. The van der Waals surface area contributed by atoms with Crippen molar-refractivity contribution in [1.82, 2.24) is 5.32 Å². The highest BCUT2D eigenvalue weighted by Crippen LogP contribution is 2.20. The first kappa shape index (κ1) is 12.7. The summed E-state index contributed by atoms with van der Waals surface area (Å²) in [5.41, 5.74) is 1.99. The smallest absolute Gasteiger partial charge is 0.319 e. The number of fused-ring (bicyclic) bond motifs is 1. The number of carbonyl (C=O) groups is 1. The van der Waals surface area contributed by atoms with Crippen molar-refractivity contribution in [3.05, 3.63) is 53.6 Å². The van der Waals surface area contributed by atoms with Crippen LogP contribution < -0.4 is 10.6 Å². The molecule has 0 aliphatic heterocycles. The normalized spacial score (nSPS) is 10.6. The summed E-state index contributed by atoms with van der Waals surface area (Å²) in [5, 5.41) is 9.50. The van der Waals surface area contributed by atoms with Gasteiger partial charge in [0.05, 0.1) is 11.3 Å². The van der Waals surface area contributed by atoms with Crippen LogP contribution >= 0.6 is 11.3 Å².